The van der Waals surface area contributed by atoms with Gasteiger partial charge >= 0.3 is 0 Å². The summed E-state index contributed by atoms with van der Waals surface area (Å²) in [6, 6.07) is 25.7. The molecule has 0 fully saturated rings. The summed E-state index contributed by atoms with van der Waals surface area (Å²) in [5.74, 6) is 0.537. The first-order valence-electron chi connectivity index (χ1n) is 14.2. The highest BCUT2D eigenvalue weighted by Gasteiger charge is 2.44. The molecule has 0 unspecified atom stereocenters. The van der Waals surface area contributed by atoms with Gasteiger partial charge in [-0.25, -0.2) is 0 Å². The first kappa shape index (κ1) is 27.9. The molecule has 0 aromatic heterocycles. The Labute approximate surface area is 238 Å². The summed E-state index contributed by atoms with van der Waals surface area (Å²) in [5, 5.41) is 22.2. The van der Waals surface area contributed by atoms with E-state index in [1.165, 1.54) is 22.3 Å². The van der Waals surface area contributed by atoms with Gasteiger partial charge in [0.15, 0.2) is 0 Å². The van der Waals surface area contributed by atoms with Crippen LogP contribution in [0.1, 0.15) is 83.3 Å². The number of benzene rings is 4. The number of hydrogen-bond acceptors (Lipinski definition) is 4. The Hall–Kier alpha value is -3.60. The summed E-state index contributed by atoms with van der Waals surface area (Å²) in [5.41, 5.74) is 9.51. The van der Waals surface area contributed by atoms with Crippen molar-refractivity contribution in [2.75, 3.05) is 0 Å². The number of rotatable bonds is 8. The molecule has 4 aromatic carbocycles. The largest absolute Gasteiger partial charge is 0.507 e. The molecule has 0 spiro atoms. The van der Waals surface area contributed by atoms with Gasteiger partial charge in [0.1, 0.15) is 11.5 Å². The molecule has 0 saturated carbocycles. The van der Waals surface area contributed by atoms with Crippen molar-refractivity contribution < 1.29 is 19.7 Å². The van der Waals surface area contributed by atoms with Crippen LogP contribution in [0, 0.1) is 13.8 Å². The van der Waals surface area contributed by atoms with Gasteiger partial charge in [-0.1, -0.05) is 60.7 Å². The Morgan fingerprint density at radius 3 is 1.45 bits per heavy atom. The number of aromatic hydroxyl groups is 2. The van der Waals surface area contributed by atoms with Gasteiger partial charge in [0.05, 0.1) is 30.8 Å². The zero-order valence-corrected chi connectivity index (χ0v) is 24.4. The van der Waals surface area contributed by atoms with E-state index in [-0.39, 0.29) is 23.7 Å². The van der Waals surface area contributed by atoms with Crippen LogP contribution in [-0.4, -0.2) is 22.4 Å². The van der Waals surface area contributed by atoms with E-state index in [1.807, 2.05) is 41.5 Å². The van der Waals surface area contributed by atoms with Gasteiger partial charge in [-0.15, -0.1) is 0 Å². The summed E-state index contributed by atoms with van der Waals surface area (Å²) < 4.78 is 12.0. The molecule has 0 aliphatic heterocycles. The average Bonchev–Trinajstić information content (AvgIpc) is 2.93. The standard InChI is InChI=1S/C36H40O4/c1-22(2)39-20-28-18-30(15-24(5)34(28)37)36(31-16-25(6)35(38)29(19-31)21-40-23(3)4)32-13-9-7-11-26(32)17-27-12-8-10-14-33(27)36/h7-16,18-19,22-23,37-38H,17,20-21H2,1-6H3. The van der Waals surface area contributed by atoms with Crippen LogP contribution in [0.4, 0.5) is 0 Å². The van der Waals surface area contributed by atoms with E-state index in [0.717, 1.165) is 39.8 Å². The van der Waals surface area contributed by atoms with Crippen LogP contribution in [0.25, 0.3) is 0 Å². The normalized spacial score (nSPS) is 13.9. The van der Waals surface area contributed by atoms with Gasteiger partial charge in [0, 0.05) is 11.1 Å². The van der Waals surface area contributed by atoms with Gasteiger partial charge in [-0.2, -0.15) is 0 Å². The fourth-order valence-corrected chi connectivity index (χ4v) is 6.09. The maximum Gasteiger partial charge on any atom is 0.124 e. The average molecular weight is 537 g/mol. The molecule has 0 amide bonds. The molecule has 0 saturated heterocycles. The quantitative estimate of drug-likeness (QED) is 0.212. The molecule has 0 radical (unpaired) electrons. The van der Waals surface area contributed by atoms with Crippen LogP contribution in [0.2, 0.25) is 0 Å². The van der Waals surface area contributed by atoms with Crippen molar-refractivity contribution in [2.45, 2.75) is 78.8 Å². The van der Waals surface area contributed by atoms with Gasteiger partial charge in [-0.3, -0.25) is 0 Å². The van der Waals surface area contributed by atoms with E-state index in [0.29, 0.717) is 13.2 Å². The number of phenolic OH excluding ortho intramolecular Hbond substituents is 2. The molecule has 1 aliphatic carbocycles. The maximum absolute atomic E-state index is 11.1. The minimum absolute atomic E-state index is 0.0386. The summed E-state index contributed by atoms with van der Waals surface area (Å²) >= 11 is 0. The SMILES string of the molecule is Cc1cc(C2(c3cc(C)c(O)c(COC(C)C)c3)c3ccccc3Cc3ccccc32)cc(COC(C)C)c1O. The monoisotopic (exact) mass is 536 g/mol. The fraction of sp³-hybridized carbons (Fsp3) is 0.333. The molecule has 4 heteroatoms. The lowest BCUT2D eigenvalue weighted by Crippen LogP contribution is -2.36. The number of ether oxygens (including phenoxy) is 2. The molecule has 0 bridgehead atoms. The van der Waals surface area contributed by atoms with Crippen LogP contribution in [-0.2, 0) is 34.5 Å². The van der Waals surface area contributed by atoms with Crippen molar-refractivity contribution in [1.82, 2.24) is 0 Å². The summed E-state index contributed by atoms with van der Waals surface area (Å²) in [4.78, 5) is 0. The third kappa shape index (κ3) is 4.91. The number of phenols is 2. The third-order valence-corrected chi connectivity index (χ3v) is 7.99. The predicted molar refractivity (Wildman–Crippen MR) is 160 cm³/mol. The Bertz CT molecular complexity index is 1420. The Morgan fingerprint density at radius 1 is 0.650 bits per heavy atom. The predicted octanol–water partition coefficient (Wildman–Crippen LogP) is 7.85. The lowest BCUT2D eigenvalue weighted by atomic mass is 9.59. The van der Waals surface area contributed by atoms with E-state index in [2.05, 4.69) is 72.8 Å². The van der Waals surface area contributed by atoms with Crippen LogP contribution in [0.15, 0.2) is 72.8 Å². The third-order valence-electron chi connectivity index (χ3n) is 7.99. The second-order valence-corrected chi connectivity index (χ2v) is 11.6. The van der Waals surface area contributed by atoms with Crippen molar-refractivity contribution in [2.24, 2.45) is 0 Å². The molecule has 5 rings (SSSR count). The van der Waals surface area contributed by atoms with Gasteiger partial charge < -0.3 is 19.7 Å². The van der Waals surface area contributed by atoms with E-state index < -0.39 is 5.41 Å². The fourth-order valence-electron chi connectivity index (χ4n) is 6.09. The number of fused-ring (bicyclic) bond motifs is 2. The maximum atomic E-state index is 11.1. The van der Waals surface area contributed by atoms with Crippen LogP contribution in [0.3, 0.4) is 0 Å². The van der Waals surface area contributed by atoms with E-state index in [4.69, 9.17) is 9.47 Å². The highest BCUT2D eigenvalue weighted by Crippen LogP contribution is 2.52. The molecule has 0 atom stereocenters. The van der Waals surface area contributed by atoms with Crippen molar-refractivity contribution in [3.63, 3.8) is 0 Å². The van der Waals surface area contributed by atoms with Gasteiger partial charge in [0.25, 0.3) is 0 Å². The van der Waals surface area contributed by atoms with Crippen molar-refractivity contribution in [3.8, 4) is 11.5 Å². The van der Waals surface area contributed by atoms with Gasteiger partial charge in [-0.05, 0) is 105 Å². The molecule has 1 aliphatic rings. The molecule has 0 heterocycles. The van der Waals surface area contributed by atoms with Crippen LogP contribution >= 0.6 is 0 Å². The lowest BCUT2D eigenvalue weighted by Gasteiger charge is -2.43. The van der Waals surface area contributed by atoms with Crippen molar-refractivity contribution in [3.05, 3.63) is 128 Å². The second-order valence-electron chi connectivity index (χ2n) is 11.6. The minimum atomic E-state index is -0.679. The first-order chi connectivity index (χ1) is 19.1. The highest BCUT2D eigenvalue weighted by molar-refractivity contribution is 5.69. The molecule has 4 aromatic rings. The summed E-state index contributed by atoms with van der Waals surface area (Å²) in [6.07, 6.45) is 0.919. The Morgan fingerprint density at radius 2 is 1.05 bits per heavy atom. The topological polar surface area (TPSA) is 58.9 Å². The highest BCUT2D eigenvalue weighted by atomic mass is 16.5. The number of aryl methyl sites for hydroxylation is 2. The summed E-state index contributed by atoms with van der Waals surface area (Å²) in [7, 11) is 0. The zero-order valence-electron chi connectivity index (χ0n) is 24.4. The minimum Gasteiger partial charge on any atom is -0.507 e. The number of hydrogen-bond donors (Lipinski definition) is 2. The smallest absolute Gasteiger partial charge is 0.124 e. The molecular weight excluding hydrogens is 496 g/mol. The van der Waals surface area contributed by atoms with Crippen LogP contribution in [0.5, 0.6) is 11.5 Å². The Kier molecular flexibility index (Phi) is 7.76. The van der Waals surface area contributed by atoms with Crippen molar-refractivity contribution >= 4 is 0 Å². The van der Waals surface area contributed by atoms with Crippen molar-refractivity contribution in [1.29, 1.82) is 0 Å². The molecule has 40 heavy (non-hydrogen) atoms. The summed E-state index contributed by atoms with van der Waals surface area (Å²) in [6.45, 7) is 12.6. The molecule has 4 nitrogen and oxygen atoms in total. The second kappa shape index (κ2) is 11.1. The van der Waals surface area contributed by atoms with E-state index >= 15 is 0 Å². The molecular formula is C36H40O4. The van der Waals surface area contributed by atoms with E-state index in [1.54, 1.807) is 0 Å². The first-order valence-corrected chi connectivity index (χ1v) is 14.2. The van der Waals surface area contributed by atoms with Crippen LogP contribution < -0.4 is 0 Å². The lowest BCUT2D eigenvalue weighted by molar-refractivity contribution is 0.0643. The van der Waals surface area contributed by atoms with E-state index in [9.17, 15) is 10.2 Å². The molecule has 2 N–H and O–H groups in total. The molecule has 208 valence electrons. The Balaban J connectivity index is 1.88. The zero-order chi connectivity index (χ0) is 28.6. The van der Waals surface area contributed by atoms with Gasteiger partial charge in [0.2, 0.25) is 0 Å².